The number of imidazole rings is 1. The highest BCUT2D eigenvalue weighted by atomic mass is 19.4. The van der Waals surface area contributed by atoms with Gasteiger partial charge in [-0.2, -0.15) is 5.10 Å². The van der Waals surface area contributed by atoms with Gasteiger partial charge in [0.1, 0.15) is 29.3 Å². The van der Waals surface area contributed by atoms with Crippen LogP contribution in [-0.2, 0) is 0 Å². The Morgan fingerprint density at radius 2 is 1.97 bits per heavy atom. The average Bonchev–Trinajstić information content (AvgIpc) is 3.36. The molecule has 0 radical (unpaired) electrons. The molecule has 0 saturated heterocycles. The van der Waals surface area contributed by atoms with Crippen LogP contribution in [0.3, 0.4) is 0 Å². The van der Waals surface area contributed by atoms with Crippen LogP contribution in [0.4, 0.5) is 17.6 Å². The van der Waals surface area contributed by atoms with Gasteiger partial charge in [0.05, 0.1) is 23.5 Å². The van der Waals surface area contributed by atoms with Gasteiger partial charge in [0, 0.05) is 24.0 Å². The average molecular weight is 492 g/mol. The number of amides is 1. The lowest BCUT2D eigenvalue weighted by Crippen LogP contribution is -2.42. The third-order valence-corrected chi connectivity index (χ3v) is 5.07. The van der Waals surface area contributed by atoms with Gasteiger partial charge in [-0.05, 0) is 32.9 Å². The summed E-state index contributed by atoms with van der Waals surface area (Å²) >= 11 is 0. The molecule has 35 heavy (non-hydrogen) atoms. The maximum Gasteiger partial charge on any atom is 0.573 e. The number of benzene rings is 1. The monoisotopic (exact) mass is 492 g/mol. The van der Waals surface area contributed by atoms with Gasteiger partial charge in [-0.15, -0.1) is 13.2 Å². The smallest absolute Gasteiger partial charge is 0.406 e. The molecule has 1 atom stereocenters. The first-order valence-electron chi connectivity index (χ1n) is 10.3. The van der Waals surface area contributed by atoms with Crippen molar-refractivity contribution in [2.45, 2.75) is 38.8 Å². The zero-order valence-corrected chi connectivity index (χ0v) is 18.7. The van der Waals surface area contributed by atoms with Crippen LogP contribution in [-0.4, -0.2) is 47.1 Å². The molecular formula is C22H20F4N6O3. The number of aromatic nitrogens is 5. The van der Waals surface area contributed by atoms with Crippen molar-refractivity contribution < 1.29 is 32.2 Å². The molecule has 3 aromatic heterocycles. The Hall–Kier alpha value is -4.00. The molecule has 9 nitrogen and oxygen atoms in total. The maximum absolute atomic E-state index is 14.7. The van der Waals surface area contributed by atoms with Gasteiger partial charge >= 0.3 is 6.36 Å². The number of carbonyl (C=O) groups excluding carboxylic acids is 1. The molecule has 13 heteroatoms. The number of hydrogen-bond acceptors (Lipinski definition) is 6. The summed E-state index contributed by atoms with van der Waals surface area (Å²) < 4.78 is 58.9. The van der Waals surface area contributed by atoms with Gasteiger partial charge in [-0.25, -0.2) is 18.9 Å². The van der Waals surface area contributed by atoms with Crippen molar-refractivity contribution in [3.05, 3.63) is 71.8 Å². The van der Waals surface area contributed by atoms with Gasteiger partial charge in [-0.1, -0.05) is 6.07 Å². The summed E-state index contributed by atoms with van der Waals surface area (Å²) in [6, 6.07) is 2.77. The van der Waals surface area contributed by atoms with E-state index in [1.807, 2.05) is 6.92 Å². The van der Waals surface area contributed by atoms with E-state index in [9.17, 15) is 27.5 Å². The molecule has 1 aromatic carbocycles. The van der Waals surface area contributed by atoms with E-state index < -0.39 is 35.5 Å². The molecule has 184 valence electrons. The van der Waals surface area contributed by atoms with Crippen LogP contribution in [0.1, 0.15) is 41.5 Å². The number of halogens is 4. The topological polar surface area (TPSA) is 107 Å². The standard InChI is InChI=1S/C22H20F4N6O3/c1-12-10-31(11-27-12)17-6-7-32-19(29-17)15(9-28-32)20(33)30-18(21(2,3)34)14-5-4-13(8-16(14)23)35-22(24,25)26/h4-11,18,34H,1-3H3,(H,30,33). The summed E-state index contributed by atoms with van der Waals surface area (Å²) in [5.74, 6) is -2.13. The van der Waals surface area contributed by atoms with E-state index in [-0.39, 0.29) is 16.8 Å². The van der Waals surface area contributed by atoms with Crippen LogP contribution in [0, 0.1) is 12.7 Å². The second-order valence-corrected chi connectivity index (χ2v) is 8.33. The van der Waals surface area contributed by atoms with Crippen molar-refractivity contribution in [3.8, 4) is 11.6 Å². The first-order chi connectivity index (χ1) is 16.3. The number of ether oxygens (including phenoxy) is 1. The van der Waals surface area contributed by atoms with Crippen molar-refractivity contribution in [1.29, 1.82) is 0 Å². The Kier molecular flexibility index (Phi) is 5.97. The number of alkyl halides is 3. The highest BCUT2D eigenvalue weighted by Gasteiger charge is 2.35. The second kappa shape index (κ2) is 8.65. The fraction of sp³-hybridized carbons (Fsp3) is 0.273. The van der Waals surface area contributed by atoms with Crippen LogP contribution >= 0.6 is 0 Å². The van der Waals surface area contributed by atoms with Crippen molar-refractivity contribution in [2.24, 2.45) is 0 Å². The Morgan fingerprint density at radius 3 is 2.57 bits per heavy atom. The van der Waals surface area contributed by atoms with Gasteiger partial charge in [0.25, 0.3) is 5.91 Å². The molecule has 2 N–H and O–H groups in total. The van der Waals surface area contributed by atoms with Gasteiger partial charge < -0.3 is 15.2 Å². The SMILES string of the molecule is Cc1cn(-c2ccn3ncc(C(=O)NC(c4ccc(OC(F)(F)F)cc4F)C(C)(C)O)c3n2)cn1. The van der Waals surface area contributed by atoms with Crippen LogP contribution in [0.5, 0.6) is 5.75 Å². The molecule has 1 unspecified atom stereocenters. The zero-order chi connectivity index (χ0) is 25.5. The van der Waals surface area contributed by atoms with E-state index in [1.54, 1.807) is 29.4 Å². The Balaban J connectivity index is 1.66. The van der Waals surface area contributed by atoms with Crippen LogP contribution < -0.4 is 10.1 Å². The van der Waals surface area contributed by atoms with Gasteiger partial charge in [0.2, 0.25) is 0 Å². The quantitative estimate of drug-likeness (QED) is 0.399. The first-order valence-corrected chi connectivity index (χ1v) is 10.3. The molecule has 0 fully saturated rings. The highest BCUT2D eigenvalue weighted by Crippen LogP contribution is 2.32. The minimum atomic E-state index is -5.00. The van der Waals surface area contributed by atoms with E-state index >= 15 is 0 Å². The first kappa shape index (κ1) is 24.1. The molecule has 0 spiro atoms. The third-order valence-electron chi connectivity index (χ3n) is 5.07. The molecular weight excluding hydrogens is 472 g/mol. The molecule has 4 aromatic rings. The molecule has 0 bridgehead atoms. The van der Waals surface area contributed by atoms with Crippen molar-refractivity contribution in [1.82, 2.24) is 29.5 Å². The number of nitrogens with one attached hydrogen (secondary N) is 1. The molecule has 0 saturated carbocycles. The zero-order valence-electron chi connectivity index (χ0n) is 18.7. The fourth-order valence-electron chi connectivity index (χ4n) is 3.49. The summed E-state index contributed by atoms with van der Waals surface area (Å²) in [5, 5.41) is 17.3. The minimum absolute atomic E-state index is 0.0374. The molecule has 3 heterocycles. The largest absolute Gasteiger partial charge is 0.573 e. The Bertz CT molecular complexity index is 1390. The number of carbonyl (C=O) groups is 1. The summed E-state index contributed by atoms with van der Waals surface area (Å²) in [5.41, 5.74) is -0.941. The lowest BCUT2D eigenvalue weighted by molar-refractivity contribution is -0.274. The van der Waals surface area contributed by atoms with Gasteiger partial charge in [0.15, 0.2) is 5.65 Å². The molecule has 0 aliphatic rings. The number of aryl methyl sites for hydroxylation is 1. The molecule has 1 amide bonds. The molecule has 0 aliphatic heterocycles. The second-order valence-electron chi connectivity index (χ2n) is 8.33. The molecule has 4 rings (SSSR count). The van der Waals surface area contributed by atoms with Crippen LogP contribution in [0.15, 0.2) is 49.2 Å². The summed E-state index contributed by atoms with van der Waals surface area (Å²) in [4.78, 5) is 21.7. The van der Waals surface area contributed by atoms with E-state index in [0.717, 1.165) is 17.8 Å². The lowest BCUT2D eigenvalue weighted by Gasteiger charge is -2.31. The van der Waals surface area contributed by atoms with Gasteiger partial charge in [-0.3, -0.25) is 9.36 Å². The predicted molar refractivity (Wildman–Crippen MR) is 114 cm³/mol. The van der Waals surface area contributed by atoms with E-state index in [2.05, 4.69) is 25.1 Å². The highest BCUT2D eigenvalue weighted by molar-refractivity contribution is 6.00. The molecule has 0 aliphatic carbocycles. The number of fused-ring (bicyclic) bond motifs is 1. The van der Waals surface area contributed by atoms with E-state index in [4.69, 9.17) is 0 Å². The fourth-order valence-corrected chi connectivity index (χ4v) is 3.49. The van der Waals surface area contributed by atoms with Crippen LogP contribution in [0.2, 0.25) is 0 Å². The van der Waals surface area contributed by atoms with Crippen molar-refractivity contribution in [3.63, 3.8) is 0 Å². The minimum Gasteiger partial charge on any atom is -0.406 e. The van der Waals surface area contributed by atoms with Crippen molar-refractivity contribution in [2.75, 3.05) is 0 Å². The maximum atomic E-state index is 14.7. The number of aliphatic hydroxyl groups is 1. The van der Waals surface area contributed by atoms with Crippen LogP contribution in [0.25, 0.3) is 11.5 Å². The summed E-state index contributed by atoms with van der Waals surface area (Å²) in [7, 11) is 0. The Labute approximate surface area is 196 Å². The summed E-state index contributed by atoms with van der Waals surface area (Å²) in [6.07, 6.45) is 1.16. The number of rotatable bonds is 6. The number of hydrogen-bond donors (Lipinski definition) is 2. The lowest BCUT2D eigenvalue weighted by atomic mass is 9.91. The summed E-state index contributed by atoms with van der Waals surface area (Å²) in [6.45, 7) is 4.46. The van der Waals surface area contributed by atoms with Crippen molar-refractivity contribution >= 4 is 11.6 Å². The van der Waals surface area contributed by atoms with E-state index in [1.165, 1.54) is 24.6 Å². The number of nitrogens with zero attached hydrogens (tertiary/aromatic N) is 5. The predicted octanol–water partition coefficient (Wildman–Crippen LogP) is 3.50. The third kappa shape index (κ3) is 5.24. The van der Waals surface area contributed by atoms with E-state index in [0.29, 0.717) is 11.9 Å². The Morgan fingerprint density at radius 1 is 1.23 bits per heavy atom. The normalized spacial score (nSPS) is 13.1.